The molecule has 0 heterocycles. The summed E-state index contributed by atoms with van der Waals surface area (Å²) in [7, 11) is 5.76. The lowest BCUT2D eigenvalue weighted by molar-refractivity contribution is -0.137. The molecular formula is C13H31Cl2N3O. The quantitative estimate of drug-likeness (QED) is 0.814. The molecule has 1 atom stereocenters. The number of halogens is 2. The maximum Gasteiger partial charge on any atom is 0.239 e. The molecular weight excluding hydrogens is 285 g/mol. The molecule has 0 bridgehead atoms. The van der Waals surface area contributed by atoms with Crippen LogP contribution in [0.1, 0.15) is 27.7 Å². The van der Waals surface area contributed by atoms with Gasteiger partial charge in [0, 0.05) is 13.6 Å². The van der Waals surface area contributed by atoms with Crippen molar-refractivity contribution in [1.82, 2.24) is 9.80 Å². The Kier molecular flexibility index (Phi) is 12.4. The van der Waals surface area contributed by atoms with E-state index in [0.717, 1.165) is 0 Å². The number of carbonyl (C=O) groups excluding carboxylic acids is 1. The van der Waals surface area contributed by atoms with Crippen LogP contribution >= 0.6 is 24.8 Å². The number of nitrogens with two attached hydrogens (primary N) is 1. The molecule has 0 spiro atoms. The fraction of sp³-hybridized carbons (Fsp3) is 0.923. The van der Waals surface area contributed by atoms with Gasteiger partial charge in [-0.05, 0) is 32.0 Å². The van der Waals surface area contributed by atoms with Crippen molar-refractivity contribution in [2.24, 2.45) is 17.1 Å². The van der Waals surface area contributed by atoms with Gasteiger partial charge in [-0.2, -0.15) is 0 Å². The molecule has 0 aliphatic rings. The number of likely N-dealkylation sites (N-methyl/N-ethyl adjacent to an activating group) is 2. The SMILES string of the molecule is CC(C)C(C(=O)N(C)CC(C)(C)CN)N(C)C.Cl.Cl. The molecule has 2 N–H and O–H groups in total. The summed E-state index contributed by atoms with van der Waals surface area (Å²) in [6.45, 7) is 9.58. The molecule has 1 unspecified atom stereocenters. The van der Waals surface area contributed by atoms with Crippen molar-refractivity contribution in [2.75, 3.05) is 34.2 Å². The molecule has 0 radical (unpaired) electrons. The molecule has 0 aromatic rings. The summed E-state index contributed by atoms with van der Waals surface area (Å²) in [6.07, 6.45) is 0. The van der Waals surface area contributed by atoms with Crippen LogP contribution < -0.4 is 5.73 Å². The summed E-state index contributed by atoms with van der Waals surface area (Å²) in [6, 6.07) is -0.0615. The minimum absolute atomic E-state index is 0. The largest absolute Gasteiger partial charge is 0.344 e. The monoisotopic (exact) mass is 315 g/mol. The first-order valence-electron chi connectivity index (χ1n) is 6.24. The van der Waals surface area contributed by atoms with Crippen LogP contribution in [0.2, 0.25) is 0 Å². The summed E-state index contributed by atoms with van der Waals surface area (Å²) in [5, 5.41) is 0. The lowest BCUT2D eigenvalue weighted by Gasteiger charge is -2.34. The van der Waals surface area contributed by atoms with Crippen molar-refractivity contribution < 1.29 is 4.79 Å². The zero-order valence-electron chi connectivity index (χ0n) is 13.3. The van der Waals surface area contributed by atoms with Crippen molar-refractivity contribution in [3.8, 4) is 0 Å². The maximum absolute atomic E-state index is 12.4. The standard InChI is InChI=1S/C13H29N3O.2ClH/c1-10(2)11(15(5)6)12(17)16(7)9-13(3,4)8-14;;/h10-11H,8-9,14H2,1-7H3;2*1H. The van der Waals surface area contributed by atoms with Crippen LogP contribution in [0, 0.1) is 11.3 Å². The van der Waals surface area contributed by atoms with Crippen molar-refractivity contribution >= 4 is 30.7 Å². The smallest absolute Gasteiger partial charge is 0.239 e. The fourth-order valence-electron chi connectivity index (χ4n) is 2.11. The zero-order valence-corrected chi connectivity index (χ0v) is 14.9. The van der Waals surface area contributed by atoms with E-state index in [1.165, 1.54) is 0 Å². The van der Waals surface area contributed by atoms with E-state index < -0.39 is 0 Å². The van der Waals surface area contributed by atoms with Crippen LogP contribution in [0.15, 0.2) is 0 Å². The maximum atomic E-state index is 12.4. The molecule has 4 nitrogen and oxygen atoms in total. The summed E-state index contributed by atoms with van der Waals surface area (Å²) >= 11 is 0. The molecule has 0 rings (SSSR count). The van der Waals surface area contributed by atoms with E-state index in [0.29, 0.717) is 19.0 Å². The van der Waals surface area contributed by atoms with Crippen LogP contribution in [0.4, 0.5) is 0 Å². The third kappa shape index (κ3) is 7.98. The van der Waals surface area contributed by atoms with Gasteiger partial charge in [-0.1, -0.05) is 27.7 Å². The predicted octanol–water partition coefficient (Wildman–Crippen LogP) is 1.86. The highest BCUT2D eigenvalue weighted by atomic mass is 35.5. The van der Waals surface area contributed by atoms with Gasteiger partial charge in [0.2, 0.25) is 5.91 Å². The van der Waals surface area contributed by atoms with Crippen molar-refractivity contribution in [2.45, 2.75) is 33.7 Å². The highest BCUT2D eigenvalue weighted by Gasteiger charge is 2.29. The Morgan fingerprint density at radius 1 is 1.16 bits per heavy atom. The van der Waals surface area contributed by atoms with E-state index in [1.54, 1.807) is 4.90 Å². The normalized spacial score (nSPS) is 12.7. The van der Waals surface area contributed by atoms with Crippen LogP contribution in [-0.4, -0.2) is 56.0 Å². The highest BCUT2D eigenvalue weighted by molar-refractivity contribution is 5.85. The van der Waals surface area contributed by atoms with E-state index in [-0.39, 0.29) is 42.2 Å². The minimum Gasteiger partial charge on any atom is -0.344 e. The van der Waals surface area contributed by atoms with E-state index in [1.807, 2.05) is 26.0 Å². The molecule has 0 saturated carbocycles. The number of hydrogen-bond donors (Lipinski definition) is 1. The Balaban J connectivity index is -0.00000128. The average molecular weight is 316 g/mol. The minimum atomic E-state index is -0.0615. The number of nitrogens with zero attached hydrogens (tertiary/aromatic N) is 2. The molecule has 19 heavy (non-hydrogen) atoms. The molecule has 118 valence electrons. The molecule has 0 aliphatic carbocycles. The summed E-state index contributed by atoms with van der Waals surface area (Å²) < 4.78 is 0. The summed E-state index contributed by atoms with van der Waals surface area (Å²) in [5.74, 6) is 0.479. The molecule has 0 aromatic carbocycles. The molecule has 0 aliphatic heterocycles. The van der Waals surface area contributed by atoms with Gasteiger partial charge in [-0.25, -0.2) is 0 Å². The molecule has 1 amide bonds. The number of carbonyl (C=O) groups is 1. The number of amides is 1. The van der Waals surface area contributed by atoms with Gasteiger partial charge in [-0.3, -0.25) is 9.69 Å². The van der Waals surface area contributed by atoms with Gasteiger partial charge in [0.1, 0.15) is 0 Å². The Labute approximate surface area is 130 Å². The van der Waals surface area contributed by atoms with Crippen molar-refractivity contribution in [3.63, 3.8) is 0 Å². The summed E-state index contributed by atoms with van der Waals surface area (Å²) in [4.78, 5) is 16.2. The predicted molar refractivity (Wildman–Crippen MR) is 87.3 cm³/mol. The van der Waals surface area contributed by atoms with Crippen LogP contribution in [-0.2, 0) is 4.79 Å². The third-order valence-corrected chi connectivity index (χ3v) is 3.03. The Hall–Kier alpha value is -0.0300. The summed E-state index contributed by atoms with van der Waals surface area (Å²) in [5.41, 5.74) is 5.67. The van der Waals surface area contributed by atoms with Gasteiger partial charge in [-0.15, -0.1) is 24.8 Å². The van der Waals surface area contributed by atoms with Gasteiger partial charge in [0.25, 0.3) is 0 Å². The molecule has 0 aromatic heterocycles. The fourth-order valence-corrected chi connectivity index (χ4v) is 2.11. The molecule has 0 fully saturated rings. The highest BCUT2D eigenvalue weighted by Crippen LogP contribution is 2.17. The lowest BCUT2D eigenvalue weighted by atomic mass is 9.92. The first-order valence-corrected chi connectivity index (χ1v) is 6.24. The topological polar surface area (TPSA) is 49.6 Å². The van der Waals surface area contributed by atoms with Crippen LogP contribution in [0.3, 0.4) is 0 Å². The third-order valence-electron chi connectivity index (χ3n) is 3.03. The zero-order chi connectivity index (χ0) is 13.8. The van der Waals surface area contributed by atoms with Crippen LogP contribution in [0.5, 0.6) is 0 Å². The van der Waals surface area contributed by atoms with E-state index in [2.05, 4.69) is 27.7 Å². The Morgan fingerprint density at radius 2 is 1.58 bits per heavy atom. The second-order valence-electron chi connectivity index (χ2n) is 6.22. The molecule has 6 heteroatoms. The first kappa shape index (κ1) is 24.0. The van der Waals surface area contributed by atoms with Crippen LogP contribution in [0.25, 0.3) is 0 Å². The average Bonchev–Trinajstić information content (AvgIpc) is 2.15. The van der Waals surface area contributed by atoms with Gasteiger partial charge in [0.15, 0.2) is 0 Å². The van der Waals surface area contributed by atoms with E-state index in [9.17, 15) is 4.79 Å². The second-order valence-corrected chi connectivity index (χ2v) is 6.22. The lowest BCUT2D eigenvalue weighted by Crippen LogP contribution is -2.50. The molecule has 0 saturated heterocycles. The van der Waals surface area contributed by atoms with E-state index >= 15 is 0 Å². The second kappa shape index (κ2) is 9.81. The number of rotatable bonds is 6. The van der Waals surface area contributed by atoms with Gasteiger partial charge >= 0.3 is 0 Å². The first-order chi connectivity index (χ1) is 7.62. The van der Waals surface area contributed by atoms with Crippen molar-refractivity contribution in [1.29, 1.82) is 0 Å². The number of hydrogen-bond acceptors (Lipinski definition) is 3. The van der Waals surface area contributed by atoms with Gasteiger partial charge < -0.3 is 10.6 Å². The van der Waals surface area contributed by atoms with Crippen molar-refractivity contribution in [3.05, 3.63) is 0 Å². The Bertz CT molecular complexity index is 250. The van der Waals surface area contributed by atoms with E-state index in [4.69, 9.17) is 5.73 Å². The van der Waals surface area contributed by atoms with Gasteiger partial charge in [0.05, 0.1) is 6.04 Å². The Morgan fingerprint density at radius 3 is 1.84 bits per heavy atom.